The number of hydrogen-bond donors (Lipinski definition) is 0. The first-order valence-electron chi connectivity index (χ1n) is 16.5. The number of hydrogen-bond acceptors (Lipinski definition) is 12. The highest BCUT2D eigenvalue weighted by Crippen LogP contribution is 2.44. The number of rotatable bonds is 21. The molecule has 1 saturated heterocycles. The molecule has 0 N–H and O–H groups in total. The third-order valence-electron chi connectivity index (χ3n) is 7.57. The quantitative estimate of drug-likeness (QED) is 0.0485. The minimum atomic E-state index is -1.20. The molecule has 13 heteroatoms. The van der Waals surface area contributed by atoms with E-state index in [0.717, 1.165) is 53.6 Å². The summed E-state index contributed by atoms with van der Waals surface area (Å²) in [5.41, 5.74) is -1.20. The van der Waals surface area contributed by atoms with Crippen LogP contribution in [0, 0.1) is 17.3 Å². The van der Waals surface area contributed by atoms with Crippen molar-refractivity contribution in [1.82, 2.24) is 4.90 Å². The van der Waals surface area contributed by atoms with E-state index in [1.165, 1.54) is 40.2 Å². The van der Waals surface area contributed by atoms with Gasteiger partial charge in [-0.25, -0.2) is 0 Å². The average molecular weight is 754 g/mol. The Kier molecular flexibility index (Phi) is 21.3. The van der Waals surface area contributed by atoms with Gasteiger partial charge in [0.25, 0.3) is 0 Å². The number of esters is 2. The first kappa shape index (κ1) is 43.7. The maximum absolute atomic E-state index is 13.6. The number of amides is 2. The zero-order valence-corrected chi connectivity index (χ0v) is 33.9. The van der Waals surface area contributed by atoms with Gasteiger partial charge in [0.05, 0.1) is 24.5 Å². The Morgan fingerprint density at radius 1 is 0.804 bits per heavy atom. The van der Waals surface area contributed by atoms with Crippen LogP contribution < -0.4 is 0 Å². The van der Waals surface area contributed by atoms with Gasteiger partial charge in [-0.2, -0.15) is 0 Å². The molecule has 2 unspecified atom stereocenters. The number of unbranched alkanes of at least 4 members (excludes halogenated alkanes) is 5. The zero-order valence-electron chi connectivity index (χ0n) is 29.0. The smallest absolute Gasteiger partial charge is 0.322 e. The number of carbonyl (C=O) groups is 4. The molecule has 264 valence electrons. The molecular formula is C33H55NO6S6. The van der Waals surface area contributed by atoms with Crippen molar-refractivity contribution in [1.29, 1.82) is 0 Å². The molecule has 1 heterocycles. The van der Waals surface area contributed by atoms with Crippen LogP contribution in [-0.2, 0) is 28.7 Å². The van der Waals surface area contributed by atoms with Gasteiger partial charge in [0, 0.05) is 6.54 Å². The van der Waals surface area contributed by atoms with E-state index in [1.807, 2.05) is 13.8 Å². The molecule has 7 nitrogen and oxygen atoms in total. The highest BCUT2D eigenvalue weighted by molar-refractivity contribution is 8.48. The van der Waals surface area contributed by atoms with Crippen molar-refractivity contribution >= 4 is 102 Å². The van der Waals surface area contributed by atoms with Gasteiger partial charge >= 0.3 is 11.9 Å². The lowest BCUT2D eigenvalue weighted by Gasteiger charge is -2.30. The molecule has 1 rings (SSSR count). The molecule has 2 atom stereocenters. The van der Waals surface area contributed by atoms with Crippen LogP contribution in [0.4, 0.5) is 0 Å². The van der Waals surface area contributed by atoms with Gasteiger partial charge < -0.3 is 9.47 Å². The van der Waals surface area contributed by atoms with Crippen molar-refractivity contribution in [3.05, 3.63) is 0 Å². The molecule has 2 amide bonds. The van der Waals surface area contributed by atoms with E-state index in [4.69, 9.17) is 33.9 Å². The second kappa shape index (κ2) is 22.4. The normalized spacial score (nSPS) is 17.1. The topological polar surface area (TPSA) is 90.0 Å². The Bertz CT molecular complexity index is 1030. The fraction of sp³-hybridized carbons (Fsp3) is 0.818. The number of thioether (sulfide) groups is 4. The summed E-state index contributed by atoms with van der Waals surface area (Å²) in [6.07, 6.45) is 7.94. The van der Waals surface area contributed by atoms with E-state index in [-0.39, 0.29) is 24.4 Å². The fourth-order valence-corrected chi connectivity index (χ4v) is 10.7. The standard InChI is InChI=1S/C33H55NO6S6/c1-9-11-21-43-30(41)45-25-24(26(35)34(27(25)36)18-17-23(3)4)32(5,6)28(37)39-19-15-13-14-16-20-40-29(38)33(7,8)46-31(42)44-22-12-10-2/h23-25H,9-22H2,1-8H3. The van der Waals surface area contributed by atoms with Gasteiger partial charge in [0.1, 0.15) is 17.1 Å². The van der Waals surface area contributed by atoms with Crippen molar-refractivity contribution in [3.8, 4) is 0 Å². The minimum Gasteiger partial charge on any atom is -0.465 e. The number of imide groups is 1. The lowest BCUT2D eigenvalue weighted by atomic mass is 9.77. The molecule has 0 aliphatic carbocycles. The van der Waals surface area contributed by atoms with E-state index in [2.05, 4.69) is 27.7 Å². The summed E-state index contributed by atoms with van der Waals surface area (Å²) in [6.45, 7) is 16.3. The van der Waals surface area contributed by atoms with Crippen LogP contribution >= 0.6 is 71.5 Å². The van der Waals surface area contributed by atoms with Crippen molar-refractivity contribution in [2.75, 3.05) is 31.3 Å². The Morgan fingerprint density at radius 2 is 1.33 bits per heavy atom. The van der Waals surface area contributed by atoms with Crippen LogP contribution in [-0.4, -0.2) is 77.0 Å². The average Bonchev–Trinajstić information content (AvgIpc) is 3.21. The Labute approximate surface area is 305 Å². The van der Waals surface area contributed by atoms with Crippen molar-refractivity contribution in [3.63, 3.8) is 0 Å². The summed E-state index contributed by atoms with van der Waals surface area (Å²) in [5.74, 6) is -0.0492. The summed E-state index contributed by atoms with van der Waals surface area (Å²) >= 11 is 16.7. The molecule has 46 heavy (non-hydrogen) atoms. The molecule has 0 aromatic rings. The number of ether oxygens (including phenoxy) is 2. The van der Waals surface area contributed by atoms with Crippen LogP contribution in [0.25, 0.3) is 0 Å². The van der Waals surface area contributed by atoms with Crippen LogP contribution in [0.15, 0.2) is 0 Å². The lowest BCUT2D eigenvalue weighted by molar-refractivity contribution is -0.160. The molecular weight excluding hydrogens is 699 g/mol. The minimum absolute atomic E-state index is 0.216. The maximum atomic E-state index is 13.6. The molecule has 0 aromatic heterocycles. The summed E-state index contributed by atoms with van der Waals surface area (Å²) in [4.78, 5) is 54.4. The third-order valence-corrected chi connectivity index (χ3v) is 13.3. The fourth-order valence-electron chi connectivity index (χ4n) is 4.51. The lowest BCUT2D eigenvalue weighted by Crippen LogP contribution is -2.43. The van der Waals surface area contributed by atoms with Crippen molar-refractivity contribution in [2.24, 2.45) is 17.3 Å². The summed E-state index contributed by atoms with van der Waals surface area (Å²) in [7, 11) is 0. The van der Waals surface area contributed by atoms with Crippen LogP contribution in [0.5, 0.6) is 0 Å². The van der Waals surface area contributed by atoms with Gasteiger partial charge in [0.15, 0.2) is 0 Å². The van der Waals surface area contributed by atoms with Gasteiger partial charge in [0.2, 0.25) is 11.8 Å². The Hall–Kier alpha value is -0.340. The predicted molar refractivity (Wildman–Crippen MR) is 207 cm³/mol. The second-order valence-electron chi connectivity index (χ2n) is 13.0. The maximum Gasteiger partial charge on any atom is 0.322 e. The van der Waals surface area contributed by atoms with Crippen molar-refractivity contribution in [2.45, 2.75) is 123 Å². The molecule has 0 aromatic carbocycles. The number of nitrogens with zero attached hydrogens (tertiary/aromatic N) is 1. The predicted octanol–water partition coefficient (Wildman–Crippen LogP) is 8.94. The zero-order chi connectivity index (χ0) is 34.9. The highest BCUT2D eigenvalue weighted by atomic mass is 32.2. The highest BCUT2D eigenvalue weighted by Gasteiger charge is 2.57. The molecule has 0 saturated carbocycles. The molecule has 1 fully saturated rings. The Balaban J connectivity index is 2.60. The molecule has 1 aliphatic rings. The summed E-state index contributed by atoms with van der Waals surface area (Å²) in [5, 5.41) is -0.745. The first-order valence-corrected chi connectivity index (χ1v) is 21.0. The number of likely N-dealkylation sites (tertiary alicyclic amines) is 1. The van der Waals surface area contributed by atoms with Gasteiger partial charge in [-0.15, -0.1) is 23.5 Å². The van der Waals surface area contributed by atoms with E-state index >= 15 is 0 Å². The second-order valence-corrected chi connectivity index (χ2v) is 20.3. The van der Waals surface area contributed by atoms with E-state index in [0.29, 0.717) is 41.9 Å². The monoisotopic (exact) mass is 753 g/mol. The molecule has 0 radical (unpaired) electrons. The molecule has 1 aliphatic heterocycles. The first-order chi connectivity index (χ1) is 21.6. The SMILES string of the molecule is CCCCSC(=S)SC1C(=O)N(CCC(C)C)C(=O)C1C(C)(C)C(=O)OCCCCCCOC(=O)C(C)(C)SC(=S)SCCCC. The summed E-state index contributed by atoms with van der Waals surface area (Å²) < 4.78 is 11.8. The van der Waals surface area contributed by atoms with Crippen LogP contribution in [0.1, 0.15) is 113 Å². The number of thiocarbonyl (C=S) groups is 2. The summed E-state index contributed by atoms with van der Waals surface area (Å²) in [6, 6.07) is 0. The third kappa shape index (κ3) is 15.0. The van der Waals surface area contributed by atoms with Gasteiger partial charge in [-0.3, -0.25) is 24.1 Å². The van der Waals surface area contributed by atoms with Crippen LogP contribution in [0.2, 0.25) is 0 Å². The largest absolute Gasteiger partial charge is 0.465 e. The van der Waals surface area contributed by atoms with Crippen molar-refractivity contribution < 1.29 is 28.7 Å². The van der Waals surface area contributed by atoms with Crippen LogP contribution in [0.3, 0.4) is 0 Å². The van der Waals surface area contributed by atoms with Gasteiger partial charge in [-0.1, -0.05) is 88.5 Å². The Morgan fingerprint density at radius 3 is 1.85 bits per heavy atom. The molecule has 0 spiro atoms. The van der Waals surface area contributed by atoms with E-state index < -0.39 is 27.3 Å². The van der Waals surface area contributed by atoms with Gasteiger partial charge in [-0.05, 0) is 90.1 Å². The number of carbonyl (C=O) groups excluding carboxylic acids is 4. The van der Waals surface area contributed by atoms with E-state index in [1.54, 1.807) is 25.6 Å². The molecule has 0 bridgehead atoms. The van der Waals surface area contributed by atoms with E-state index in [9.17, 15) is 19.2 Å².